The minimum absolute atomic E-state index is 0.0144. The van der Waals surface area contributed by atoms with E-state index in [9.17, 15) is 29.1 Å². The predicted octanol–water partition coefficient (Wildman–Crippen LogP) is 0.157. The fourth-order valence-corrected chi connectivity index (χ4v) is 3.80. The van der Waals surface area contributed by atoms with Crippen molar-refractivity contribution in [1.82, 2.24) is 21.3 Å². The van der Waals surface area contributed by atoms with E-state index in [4.69, 9.17) is 16.2 Å². The first kappa shape index (κ1) is 34.1. The van der Waals surface area contributed by atoms with E-state index in [1.165, 1.54) is 13.8 Å². The Labute approximate surface area is 249 Å². The molecule has 2 aromatic rings. The summed E-state index contributed by atoms with van der Waals surface area (Å²) in [4.78, 5) is 66.5. The summed E-state index contributed by atoms with van der Waals surface area (Å²) in [5.41, 5.74) is 12.2. The lowest BCUT2D eigenvalue weighted by molar-refractivity contribution is -0.142. The molecule has 4 amide bonds. The second-order valence-electron chi connectivity index (χ2n) is 9.76. The maximum atomic E-state index is 13.1. The Morgan fingerprint density at radius 2 is 1.30 bits per heavy atom. The third kappa shape index (κ3) is 12.9. The highest BCUT2D eigenvalue weighted by atomic mass is 16.5. The van der Waals surface area contributed by atoms with Crippen molar-refractivity contribution in [3.63, 3.8) is 0 Å². The van der Waals surface area contributed by atoms with Crippen molar-refractivity contribution in [2.45, 2.75) is 63.9 Å². The molecule has 14 nitrogen and oxygen atoms in total. The Hall–Kier alpha value is -5.14. The van der Waals surface area contributed by atoms with Gasteiger partial charge in [0.05, 0.1) is 0 Å². The average Bonchev–Trinajstić information content (AvgIpc) is 2.97. The quantitative estimate of drug-likeness (QED) is 0.0793. The summed E-state index contributed by atoms with van der Waals surface area (Å²) in [6.07, 6.45) is -0.413. The van der Waals surface area contributed by atoms with Crippen molar-refractivity contribution in [3.8, 4) is 0 Å². The molecule has 43 heavy (non-hydrogen) atoms. The molecule has 0 saturated heterocycles. The summed E-state index contributed by atoms with van der Waals surface area (Å²) < 4.78 is 5.11. The summed E-state index contributed by atoms with van der Waals surface area (Å²) >= 11 is 0. The van der Waals surface area contributed by atoms with Gasteiger partial charge in [0.25, 0.3) is 0 Å². The van der Waals surface area contributed by atoms with Crippen LogP contribution in [-0.4, -0.2) is 71.6 Å². The van der Waals surface area contributed by atoms with Gasteiger partial charge in [-0.25, -0.2) is 9.59 Å². The van der Waals surface area contributed by atoms with Crippen molar-refractivity contribution < 1.29 is 33.8 Å². The minimum Gasteiger partial charge on any atom is -0.480 e. The number of carboxylic acids is 1. The molecule has 0 aliphatic carbocycles. The number of nitrogens with zero attached hydrogens (tertiary/aromatic N) is 1. The summed E-state index contributed by atoms with van der Waals surface area (Å²) in [6, 6.07) is 13.2. The number of guanidine groups is 1. The van der Waals surface area contributed by atoms with Crippen LogP contribution in [0.15, 0.2) is 65.7 Å². The van der Waals surface area contributed by atoms with Gasteiger partial charge in [0, 0.05) is 13.0 Å². The number of nitrogens with two attached hydrogens (primary N) is 2. The zero-order valence-corrected chi connectivity index (χ0v) is 24.1. The number of ether oxygens (including phenoxy) is 1. The molecule has 2 rings (SSSR count). The molecular formula is C29H39N7O7. The van der Waals surface area contributed by atoms with Crippen molar-refractivity contribution in [2.75, 3.05) is 6.54 Å². The maximum absolute atomic E-state index is 13.1. The lowest BCUT2D eigenvalue weighted by atomic mass is 10.0. The largest absolute Gasteiger partial charge is 0.480 e. The van der Waals surface area contributed by atoms with Gasteiger partial charge in [0.1, 0.15) is 30.8 Å². The highest BCUT2D eigenvalue weighted by Crippen LogP contribution is 2.06. The Morgan fingerprint density at radius 1 is 0.767 bits per heavy atom. The van der Waals surface area contributed by atoms with Crippen LogP contribution in [0.1, 0.15) is 37.8 Å². The number of amides is 4. The standard InChI is InChI=1S/C29H39N7O7/c1-18(33-24(37)19(2)34-29(42)43-17-21-12-7-4-8-13-21)25(38)35-22(14-9-15-32-28(30)31)26(39)36-23(27(40)41)16-20-10-5-3-6-11-20/h3-8,10-13,18-19,22-23H,9,14-17H2,1-2H3,(H,33,37)(H,34,42)(H,35,38)(H,36,39)(H,40,41)(H4,30,31,32)/t18-,19-,22-,23-/m0/s1. The molecule has 0 saturated carbocycles. The van der Waals surface area contributed by atoms with Gasteiger partial charge >= 0.3 is 12.1 Å². The molecule has 2 aromatic carbocycles. The van der Waals surface area contributed by atoms with Gasteiger partial charge < -0.3 is 42.6 Å². The van der Waals surface area contributed by atoms with E-state index in [0.717, 1.165) is 5.56 Å². The molecule has 14 heteroatoms. The Kier molecular flexibility index (Phi) is 14.0. The zero-order chi connectivity index (χ0) is 31.8. The lowest BCUT2D eigenvalue weighted by Crippen LogP contribution is -2.56. The van der Waals surface area contributed by atoms with Crippen LogP contribution in [0.5, 0.6) is 0 Å². The molecule has 0 spiro atoms. The van der Waals surface area contributed by atoms with Gasteiger partial charge in [-0.3, -0.25) is 19.4 Å². The molecule has 0 unspecified atom stereocenters. The van der Waals surface area contributed by atoms with E-state index in [1.807, 2.05) is 6.07 Å². The van der Waals surface area contributed by atoms with Gasteiger partial charge in [-0.2, -0.15) is 0 Å². The smallest absolute Gasteiger partial charge is 0.408 e. The molecular weight excluding hydrogens is 558 g/mol. The number of nitrogens with one attached hydrogen (secondary N) is 4. The molecule has 9 N–H and O–H groups in total. The van der Waals surface area contributed by atoms with E-state index in [0.29, 0.717) is 12.0 Å². The van der Waals surface area contributed by atoms with Crippen LogP contribution >= 0.6 is 0 Å². The molecule has 4 atom stereocenters. The first-order valence-corrected chi connectivity index (χ1v) is 13.7. The number of benzene rings is 2. The van der Waals surface area contributed by atoms with Crippen LogP contribution in [0.25, 0.3) is 0 Å². The summed E-state index contributed by atoms with van der Waals surface area (Å²) in [5, 5.41) is 19.6. The average molecular weight is 598 g/mol. The van der Waals surface area contributed by atoms with Gasteiger partial charge in [-0.05, 0) is 37.8 Å². The van der Waals surface area contributed by atoms with E-state index >= 15 is 0 Å². The van der Waals surface area contributed by atoms with Crippen LogP contribution in [0.2, 0.25) is 0 Å². The zero-order valence-electron chi connectivity index (χ0n) is 24.1. The van der Waals surface area contributed by atoms with E-state index in [-0.39, 0.29) is 32.0 Å². The normalized spacial score (nSPS) is 13.3. The Balaban J connectivity index is 1.97. The first-order chi connectivity index (χ1) is 20.5. The van der Waals surface area contributed by atoms with E-state index in [2.05, 4.69) is 26.3 Å². The van der Waals surface area contributed by atoms with Crippen LogP contribution in [0, 0.1) is 0 Å². The molecule has 0 aliphatic rings. The number of aliphatic imine (C=N–C) groups is 1. The van der Waals surface area contributed by atoms with Crippen LogP contribution in [-0.2, 0) is 36.9 Å². The highest BCUT2D eigenvalue weighted by molar-refractivity contribution is 5.94. The summed E-state index contributed by atoms with van der Waals surface area (Å²) in [5.74, 6) is -3.48. The molecule has 0 radical (unpaired) electrons. The molecule has 0 heterocycles. The van der Waals surface area contributed by atoms with Crippen LogP contribution in [0.3, 0.4) is 0 Å². The van der Waals surface area contributed by atoms with Gasteiger partial charge in [0.2, 0.25) is 17.7 Å². The maximum Gasteiger partial charge on any atom is 0.408 e. The molecule has 0 aromatic heterocycles. The molecule has 0 fully saturated rings. The first-order valence-electron chi connectivity index (χ1n) is 13.7. The Morgan fingerprint density at radius 3 is 1.88 bits per heavy atom. The number of carboxylic acid groups (broad SMARTS) is 1. The van der Waals surface area contributed by atoms with Crippen LogP contribution < -0.4 is 32.7 Å². The lowest BCUT2D eigenvalue weighted by Gasteiger charge is -2.24. The van der Waals surface area contributed by atoms with Crippen molar-refractivity contribution >= 4 is 35.7 Å². The molecule has 0 aliphatic heterocycles. The third-order valence-corrected chi connectivity index (χ3v) is 6.17. The third-order valence-electron chi connectivity index (χ3n) is 6.17. The SMILES string of the molecule is C[C@H](NC(=O)OCc1ccccc1)C(=O)N[C@@H](C)C(=O)N[C@@H](CCCN=C(N)N)C(=O)N[C@@H](Cc1ccccc1)C(=O)O. The van der Waals surface area contributed by atoms with E-state index < -0.39 is 54.0 Å². The Bertz CT molecular complexity index is 1250. The highest BCUT2D eigenvalue weighted by Gasteiger charge is 2.29. The van der Waals surface area contributed by atoms with Gasteiger partial charge in [-0.15, -0.1) is 0 Å². The van der Waals surface area contributed by atoms with Crippen molar-refractivity contribution in [3.05, 3.63) is 71.8 Å². The molecule has 232 valence electrons. The van der Waals surface area contributed by atoms with Crippen molar-refractivity contribution in [2.24, 2.45) is 16.5 Å². The second kappa shape index (κ2) is 17.6. The monoisotopic (exact) mass is 597 g/mol. The number of hydrogen-bond acceptors (Lipinski definition) is 7. The van der Waals surface area contributed by atoms with Crippen LogP contribution in [0.4, 0.5) is 4.79 Å². The fourth-order valence-electron chi connectivity index (χ4n) is 3.80. The van der Waals surface area contributed by atoms with Gasteiger partial charge in [0.15, 0.2) is 5.96 Å². The number of hydrogen-bond donors (Lipinski definition) is 7. The predicted molar refractivity (Wildman–Crippen MR) is 158 cm³/mol. The number of carbonyl (C=O) groups excluding carboxylic acids is 4. The number of alkyl carbamates (subject to hydrolysis) is 1. The fraction of sp³-hybridized carbons (Fsp3) is 0.379. The summed E-state index contributed by atoms with van der Waals surface area (Å²) in [7, 11) is 0. The number of aliphatic carboxylic acids is 1. The topological polar surface area (TPSA) is 227 Å². The molecule has 0 bridgehead atoms. The second-order valence-corrected chi connectivity index (χ2v) is 9.76. The number of rotatable bonds is 16. The van der Waals surface area contributed by atoms with Crippen molar-refractivity contribution in [1.29, 1.82) is 0 Å². The number of carbonyl (C=O) groups is 5. The minimum atomic E-state index is -1.25. The summed E-state index contributed by atoms with van der Waals surface area (Å²) in [6.45, 7) is 3.00. The van der Waals surface area contributed by atoms with Gasteiger partial charge in [-0.1, -0.05) is 60.7 Å². The van der Waals surface area contributed by atoms with E-state index in [1.54, 1.807) is 54.6 Å².